The maximum atomic E-state index is 12.2. The van der Waals surface area contributed by atoms with Crippen molar-refractivity contribution in [3.8, 4) is 0 Å². The molecule has 0 aromatic heterocycles. The van der Waals surface area contributed by atoms with Crippen molar-refractivity contribution >= 4 is 38.9 Å². The fraction of sp³-hybridized carbons (Fsp3) is 0.500. The second-order valence-electron chi connectivity index (χ2n) is 6.18. The van der Waals surface area contributed by atoms with Gasteiger partial charge < -0.3 is 5.32 Å². The third-order valence-corrected chi connectivity index (χ3v) is 5.42. The predicted octanol–water partition coefficient (Wildman–Crippen LogP) is 1.20. The quantitative estimate of drug-likeness (QED) is 0.522. The van der Waals surface area contributed by atoms with E-state index in [1.54, 1.807) is 25.1 Å². The summed E-state index contributed by atoms with van der Waals surface area (Å²) in [5.74, 6) is -0.496. The SMILES string of the molecule is Cc1ccccc1N(CC(=O)NNC(=S)NC1CCCC1)S(C)(=O)=O. The van der Waals surface area contributed by atoms with Crippen LogP contribution in [0.1, 0.15) is 31.2 Å². The van der Waals surface area contributed by atoms with Gasteiger partial charge in [0.1, 0.15) is 6.54 Å². The molecule has 2 rings (SSSR count). The van der Waals surface area contributed by atoms with Gasteiger partial charge >= 0.3 is 0 Å². The zero-order valence-corrected chi connectivity index (χ0v) is 16.0. The van der Waals surface area contributed by atoms with Crippen molar-refractivity contribution in [1.82, 2.24) is 16.2 Å². The Morgan fingerprint density at radius 3 is 2.48 bits per heavy atom. The number of thiocarbonyl (C=S) groups is 1. The van der Waals surface area contributed by atoms with Gasteiger partial charge in [-0.3, -0.25) is 20.0 Å². The van der Waals surface area contributed by atoms with Gasteiger partial charge in [-0.15, -0.1) is 0 Å². The molecular formula is C16H24N4O3S2. The van der Waals surface area contributed by atoms with Gasteiger partial charge in [-0.05, 0) is 43.6 Å². The average molecular weight is 385 g/mol. The molecule has 3 N–H and O–H groups in total. The van der Waals surface area contributed by atoms with Gasteiger partial charge in [0.15, 0.2) is 5.11 Å². The summed E-state index contributed by atoms with van der Waals surface area (Å²) in [4.78, 5) is 12.2. The van der Waals surface area contributed by atoms with Gasteiger partial charge in [-0.1, -0.05) is 31.0 Å². The van der Waals surface area contributed by atoms with Crippen LogP contribution >= 0.6 is 12.2 Å². The lowest BCUT2D eigenvalue weighted by Crippen LogP contribution is -2.52. The smallest absolute Gasteiger partial charge is 0.259 e. The van der Waals surface area contributed by atoms with Crippen LogP contribution in [0.3, 0.4) is 0 Å². The number of nitrogens with one attached hydrogen (secondary N) is 3. The van der Waals surface area contributed by atoms with E-state index in [-0.39, 0.29) is 6.54 Å². The Balaban J connectivity index is 1.93. The summed E-state index contributed by atoms with van der Waals surface area (Å²) in [6.07, 6.45) is 5.54. The van der Waals surface area contributed by atoms with Crippen LogP contribution in [-0.2, 0) is 14.8 Å². The highest BCUT2D eigenvalue weighted by atomic mass is 32.2. The molecule has 25 heavy (non-hydrogen) atoms. The molecule has 1 fully saturated rings. The molecule has 1 aromatic carbocycles. The Labute approximate surface area is 154 Å². The van der Waals surface area contributed by atoms with Crippen LogP contribution in [0, 0.1) is 6.92 Å². The number of hydrogen-bond acceptors (Lipinski definition) is 4. The molecule has 1 amide bonds. The molecule has 0 bridgehead atoms. The third-order valence-electron chi connectivity index (χ3n) is 4.08. The van der Waals surface area contributed by atoms with E-state index >= 15 is 0 Å². The molecule has 0 unspecified atom stereocenters. The first-order chi connectivity index (χ1) is 11.8. The summed E-state index contributed by atoms with van der Waals surface area (Å²) in [7, 11) is -3.60. The molecule has 1 aromatic rings. The van der Waals surface area contributed by atoms with Crippen molar-refractivity contribution in [3.63, 3.8) is 0 Å². The summed E-state index contributed by atoms with van der Waals surface area (Å²) in [5.41, 5.74) is 6.33. The minimum absolute atomic E-state index is 0.330. The predicted molar refractivity (Wildman–Crippen MR) is 103 cm³/mol. The number of sulfonamides is 1. The number of carbonyl (C=O) groups is 1. The van der Waals surface area contributed by atoms with E-state index in [4.69, 9.17) is 12.2 Å². The second kappa shape index (κ2) is 8.48. The second-order valence-corrected chi connectivity index (χ2v) is 8.50. The highest BCUT2D eigenvalue weighted by Gasteiger charge is 2.22. The van der Waals surface area contributed by atoms with Gasteiger partial charge in [0.25, 0.3) is 5.91 Å². The molecule has 0 spiro atoms. The van der Waals surface area contributed by atoms with Crippen molar-refractivity contribution in [2.75, 3.05) is 17.1 Å². The first-order valence-corrected chi connectivity index (χ1v) is 10.4. The summed E-state index contributed by atoms with van der Waals surface area (Å²) in [6, 6.07) is 7.34. The van der Waals surface area contributed by atoms with E-state index in [0.29, 0.717) is 16.8 Å². The number of benzene rings is 1. The van der Waals surface area contributed by atoms with Gasteiger partial charge in [0.2, 0.25) is 10.0 Å². The zero-order valence-electron chi connectivity index (χ0n) is 14.4. The highest BCUT2D eigenvalue weighted by molar-refractivity contribution is 7.92. The van der Waals surface area contributed by atoms with Gasteiger partial charge in [0, 0.05) is 6.04 Å². The fourth-order valence-corrected chi connectivity index (χ4v) is 3.94. The molecule has 1 saturated carbocycles. The standard InChI is InChI=1S/C16H24N4O3S2/c1-12-7-3-6-10-14(12)20(25(2,22)23)11-15(21)18-19-16(24)17-13-8-4-5-9-13/h3,6-7,10,13H,4-5,8-9,11H2,1-2H3,(H,18,21)(H2,17,19,24). The molecule has 1 aliphatic carbocycles. The Morgan fingerprint density at radius 1 is 1.24 bits per heavy atom. The number of hydrogen-bond donors (Lipinski definition) is 3. The molecule has 0 atom stereocenters. The maximum Gasteiger partial charge on any atom is 0.259 e. The topological polar surface area (TPSA) is 90.5 Å². The lowest BCUT2D eigenvalue weighted by molar-refractivity contribution is -0.120. The maximum absolute atomic E-state index is 12.2. The van der Waals surface area contributed by atoms with Gasteiger partial charge in [-0.25, -0.2) is 8.42 Å². The average Bonchev–Trinajstić information content (AvgIpc) is 3.03. The van der Waals surface area contributed by atoms with Crippen molar-refractivity contribution in [2.45, 2.75) is 38.6 Å². The largest absolute Gasteiger partial charge is 0.359 e. The number of hydrazine groups is 1. The first kappa shape index (κ1) is 19.5. The molecule has 138 valence electrons. The molecular weight excluding hydrogens is 360 g/mol. The Morgan fingerprint density at radius 2 is 1.88 bits per heavy atom. The number of amides is 1. The van der Waals surface area contributed by atoms with Crippen molar-refractivity contribution < 1.29 is 13.2 Å². The highest BCUT2D eigenvalue weighted by Crippen LogP contribution is 2.21. The Hall–Kier alpha value is -1.87. The number of para-hydroxylation sites is 1. The van der Waals surface area contributed by atoms with E-state index < -0.39 is 15.9 Å². The number of rotatable bonds is 5. The fourth-order valence-electron chi connectivity index (χ4n) is 2.81. The van der Waals surface area contributed by atoms with E-state index in [1.807, 2.05) is 6.07 Å². The molecule has 0 radical (unpaired) electrons. The monoisotopic (exact) mass is 384 g/mol. The summed E-state index contributed by atoms with van der Waals surface area (Å²) < 4.78 is 25.2. The van der Waals surface area contributed by atoms with Crippen LogP contribution in [-0.4, -0.2) is 38.3 Å². The first-order valence-electron chi connectivity index (χ1n) is 8.16. The number of nitrogens with zero attached hydrogens (tertiary/aromatic N) is 1. The van der Waals surface area contributed by atoms with Crippen molar-refractivity contribution in [1.29, 1.82) is 0 Å². The third kappa shape index (κ3) is 5.86. The van der Waals surface area contributed by atoms with E-state index in [1.165, 1.54) is 12.8 Å². The van der Waals surface area contributed by atoms with E-state index in [9.17, 15) is 13.2 Å². The molecule has 9 heteroatoms. The lowest BCUT2D eigenvalue weighted by atomic mass is 10.2. The zero-order chi connectivity index (χ0) is 18.4. The van der Waals surface area contributed by atoms with Gasteiger partial charge in [-0.2, -0.15) is 0 Å². The van der Waals surface area contributed by atoms with E-state index in [2.05, 4.69) is 16.2 Å². The lowest BCUT2D eigenvalue weighted by Gasteiger charge is -2.24. The summed E-state index contributed by atoms with van der Waals surface area (Å²) >= 11 is 5.14. The number of carbonyl (C=O) groups excluding carboxylic acids is 1. The van der Waals surface area contributed by atoms with Gasteiger partial charge in [0.05, 0.1) is 11.9 Å². The van der Waals surface area contributed by atoms with Crippen molar-refractivity contribution in [3.05, 3.63) is 29.8 Å². The molecule has 0 heterocycles. The molecule has 0 aliphatic heterocycles. The minimum atomic E-state index is -3.60. The molecule has 1 aliphatic rings. The normalized spacial score (nSPS) is 14.8. The Kier molecular flexibility index (Phi) is 6.60. The van der Waals surface area contributed by atoms with Crippen LogP contribution in [0.15, 0.2) is 24.3 Å². The Bertz CT molecular complexity index is 731. The number of aryl methyl sites for hydroxylation is 1. The summed E-state index contributed by atoms with van der Waals surface area (Å²) in [6.45, 7) is 1.47. The van der Waals surface area contributed by atoms with Crippen molar-refractivity contribution in [2.24, 2.45) is 0 Å². The molecule has 0 saturated heterocycles. The van der Waals surface area contributed by atoms with Crippen LogP contribution < -0.4 is 20.5 Å². The van der Waals surface area contributed by atoms with Crippen LogP contribution in [0.25, 0.3) is 0 Å². The summed E-state index contributed by atoms with van der Waals surface area (Å²) in [5, 5.41) is 3.47. The number of anilines is 1. The van der Waals surface area contributed by atoms with Crippen LogP contribution in [0.2, 0.25) is 0 Å². The van der Waals surface area contributed by atoms with Crippen LogP contribution in [0.4, 0.5) is 5.69 Å². The molecule has 7 nitrogen and oxygen atoms in total. The van der Waals surface area contributed by atoms with Crippen LogP contribution in [0.5, 0.6) is 0 Å². The van der Waals surface area contributed by atoms with E-state index in [0.717, 1.165) is 29.0 Å². The minimum Gasteiger partial charge on any atom is -0.359 e.